The Morgan fingerprint density at radius 3 is 2.72 bits per heavy atom. The number of rotatable bonds is 2. The molecule has 0 spiro atoms. The maximum atomic E-state index is 9.58. The molecule has 3 heteroatoms. The van der Waals surface area contributed by atoms with E-state index in [-0.39, 0.29) is 5.41 Å². The zero-order chi connectivity index (χ0) is 13.2. The molecule has 1 aliphatic carbocycles. The number of hydrogen-bond donors (Lipinski definition) is 1. The molecule has 1 fully saturated rings. The maximum Gasteiger partial charge on any atom is 0.125 e. The van der Waals surface area contributed by atoms with Crippen LogP contribution < -0.4 is 5.32 Å². The molecule has 1 N–H and O–H groups in total. The van der Waals surface area contributed by atoms with E-state index < -0.39 is 5.54 Å². The first-order valence-corrected chi connectivity index (χ1v) is 7.19. The van der Waals surface area contributed by atoms with Crippen molar-refractivity contribution in [2.24, 2.45) is 5.41 Å². The van der Waals surface area contributed by atoms with Gasteiger partial charge in [0, 0.05) is 10.2 Å². The fourth-order valence-electron chi connectivity index (χ4n) is 2.94. The van der Waals surface area contributed by atoms with Gasteiger partial charge in [0.15, 0.2) is 0 Å². The minimum atomic E-state index is -0.414. The van der Waals surface area contributed by atoms with E-state index in [2.05, 4.69) is 41.2 Å². The van der Waals surface area contributed by atoms with E-state index in [4.69, 9.17) is 0 Å². The van der Waals surface area contributed by atoms with Crippen LogP contribution in [-0.2, 0) is 0 Å². The summed E-state index contributed by atoms with van der Waals surface area (Å²) in [5.74, 6) is 0. The van der Waals surface area contributed by atoms with Gasteiger partial charge in [-0.2, -0.15) is 5.26 Å². The molecule has 1 saturated carbocycles. The normalized spacial score (nSPS) is 26.3. The molecule has 1 atom stereocenters. The van der Waals surface area contributed by atoms with E-state index in [0.29, 0.717) is 0 Å². The van der Waals surface area contributed by atoms with Crippen LogP contribution >= 0.6 is 15.9 Å². The predicted octanol–water partition coefficient (Wildman–Crippen LogP) is 4.72. The van der Waals surface area contributed by atoms with E-state index in [1.54, 1.807) is 0 Å². The Bertz CT molecular complexity index is 476. The summed E-state index contributed by atoms with van der Waals surface area (Å²) in [6, 6.07) is 10.5. The second-order valence-electron chi connectivity index (χ2n) is 6.02. The molecule has 1 unspecified atom stereocenters. The molecule has 1 aliphatic rings. The summed E-state index contributed by atoms with van der Waals surface area (Å²) in [7, 11) is 0. The Kier molecular flexibility index (Phi) is 3.68. The second-order valence-corrected chi connectivity index (χ2v) is 6.94. The van der Waals surface area contributed by atoms with Gasteiger partial charge in [-0.3, -0.25) is 0 Å². The average molecular weight is 307 g/mol. The standard InChI is InChI=1S/C15H19BrN2/c1-14(2)7-4-8-15(10-14,11-17)18-13-6-3-5-12(16)9-13/h3,5-6,9,18H,4,7-8,10H2,1-2H3. The average Bonchev–Trinajstić information content (AvgIpc) is 2.27. The van der Waals surface area contributed by atoms with Crippen molar-refractivity contribution in [1.29, 1.82) is 5.26 Å². The molecule has 0 bridgehead atoms. The van der Waals surface area contributed by atoms with E-state index in [0.717, 1.165) is 29.4 Å². The predicted molar refractivity (Wildman–Crippen MR) is 78.4 cm³/mol. The summed E-state index contributed by atoms with van der Waals surface area (Å²) in [5, 5.41) is 13.0. The van der Waals surface area contributed by atoms with Crippen LogP contribution in [0.2, 0.25) is 0 Å². The van der Waals surface area contributed by atoms with Crippen LogP contribution in [0.15, 0.2) is 28.7 Å². The van der Waals surface area contributed by atoms with Crippen molar-refractivity contribution < 1.29 is 0 Å². The third-order valence-electron chi connectivity index (χ3n) is 3.66. The summed E-state index contributed by atoms with van der Waals surface area (Å²) in [6.45, 7) is 4.50. The lowest BCUT2D eigenvalue weighted by atomic mass is 9.68. The molecule has 2 nitrogen and oxygen atoms in total. The Balaban J connectivity index is 2.21. The van der Waals surface area contributed by atoms with E-state index in [1.165, 1.54) is 6.42 Å². The first-order chi connectivity index (χ1) is 8.45. The van der Waals surface area contributed by atoms with Gasteiger partial charge in [0.1, 0.15) is 5.54 Å². The molecule has 18 heavy (non-hydrogen) atoms. The number of halogens is 1. The smallest absolute Gasteiger partial charge is 0.125 e. The minimum Gasteiger partial charge on any atom is -0.367 e. The molecule has 0 saturated heterocycles. The van der Waals surface area contributed by atoms with Crippen molar-refractivity contribution in [2.75, 3.05) is 5.32 Å². The molecule has 0 aliphatic heterocycles. The second kappa shape index (κ2) is 4.93. The van der Waals surface area contributed by atoms with Crippen LogP contribution in [0.1, 0.15) is 39.5 Å². The van der Waals surface area contributed by atoms with E-state index in [9.17, 15) is 5.26 Å². The minimum absolute atomic E-state index is 0.243. The number of hydrogen-bond acceptors (Lipinski definition) is 2. The highest BCUT2D eigenvalue weighted by atomic mass is 79.9. The summed E-state index contributed by atoms with van der Waals surface area (Å²) < 4.78 is 1.04. The zero-order valence-corrected chi connectivity index (χ0v) is 12.5. The van der Waals surface area contributed by atoms with Gasteiger partial charge in [-0.1, -0.05) is 35.8 Å². The summed E-state index contributed by atoms with van der Waals surface area (Å²) in [5.41, 5.74) is 0.846. The molecule has 2 rings (SSSR count). The highest BCUT2D eigenvalue weighted by Gasteiger charge is 2.40. The quantitative estimate of drug-likeness (QED) is 0.858. The van der Waals surface area contributed by atoms with Gasteiger partial charge < -0.3 is 5.32 Å². The molecule has 0 heterocycles. The van der Waals surface area contributed by atoms with E-state index >= 15 is 0 Å². The van der Waals surface area contributed by atoms with Crippen molar-refractivity contribution in [3.05, 3.63) is 28.7 Å². The van der Waals surface area contributed by atoms with Crippen molar-refractivity contribution in [3.8, 4) is 6.07 Å². The Morgan fingerprint density at radius 2 is 2.11 bits per heavy atom. The van der Waals surface area contributed by atoms with Crippen LogP contribution in [0.5, 0.6) is 0 Å². The maximum absolute atomic E-state index is 9.58. The van der Waals surface area contributed by atoms with Crippen LogP contribution in [-0.4, -0.2) is 5.54 Å². The molecule has 0 radical (unpaired) electrons. The lowest BCUT2D eigenvalue weighted by Gasteiger charge is -2.41. The number of anilines is 1. The van der Waals surface area contributed by atoms with Crippen molar-refractivity contribution >= 4 is 21.6 Å². The Labute approximate surface area is 118 Å². The molecule has 0 aromatic heterocycles. The highest BCUT2D eigenvalue weighted by molar-refractivity contribution is 9.10. The molecule has 1 aromatic carbocycles. The lowest BCUT2D eigenvalue weighted by Crippen LogP contribution is -2.44. The largest absolute Gasteiger partial charge is 0.367 e. The fourth-order valence-corrected chi connectivity index (χ4v) is 3.33. The monoisotopic (exact) mass is 306 g/mol. The topological polar surface area (TPSA) is 35.8 Å². The van der Waals surface area contributed by atoms with Gasteiger partial charge >= 0.3 is 0 Å². The van der Waals surface area contributed by atoms with Crippen LogP contribution in [0.25, 0.3) is 0 Å². The van der Waals surface area contributed by atoms with Gasteiger partial charge in [-0.15, -0.1) is 0 Å². The Morgan fingerprint density at radius 1 is 1.33 bits per heavy atom. The number of nitrogens with one attached hydrogen (secondary N) is 1. The molecular formula is C15H19BrN2. The summed E-state index contributed by atoms with van der Waals surface area (Å²) in [4.78, 5) is 0. The molecule has 1 aromatic rings. The van der Waals surface area contributed by atoms with E-state index in [1.807, 2.05) is 24.3 Å². The van der Waals surface area contributed by atoms with Crippen LogP contribution in [0.4, 0.5) is 5.69 Å². The summed E-state index contributed by atoms with van der Waals surface area (Å²) in [6.07, 6.45) is 4.15. The third-order valence-corrected chi connectivity index (χ3v) is 4.15. The Hall–Kier alpha value is -1.01. The number of benzene rings is 1. The lowest BCUT2D eigenvalue weighted by molar-refractivity contribution is 0.197. The zero-order valence-electron chi connectivity index (χ0n) is 11.0. The SMILES string of the molecule is CC1(C)CCCC(C#N)(Nc2cccc(Br)c2)C1. The first kappa shape index (κ1) is 13.4. The van der Waals surface area contributed by atoms with Crippen LogP contribution in [0.3, 0.4) is 0 Å². The van der Waals surface area contributed by atoms with Gasteiger partial charge in [0.05, 0.1) is 6.07 Å². The summed E-state index contributed by atoms with van der Waals surface area (Å²) >= 11 is 3.47. The van der Waals surface area contributed by atoms with Crippen molar-refractivity contribution in [1.82, 2.24) is 0 Å². The molecular weight excluding hydrogens is 288 g/mol. The fraction of sp³-hybridized carbons (Fsp3) is 0.533. The first-order valence-electron chi connectivity index (χ1n) is 6.40. The van der Waals surface area contributed by atoms with Gasteiger partial charge in [-0.05, 0) is 49.3 Å². The third kappa shape index (κ3) is 3.05. The van der Waals surface area contributed by atoms with Crippen LogP contribution in [0, 0.1) is 16.7 Å². The number of nitrogens with zero attached hydrogens (tertiary/aromatic N) is 1. The highest BCUT2D eigenvalue weighted by Crippen LogP contribution is 2.42. The van der Waals surface area contributed by atoms with Gasteiger partial charge in [-0.25, -0.2) is 0 Å². The van der Waals surface area contributed by atoms with Gasteiger partial charge in [0.2, 0.25) is 0 Å². The molecule has 96 valence electrons. The van der Waals surface area contributed by atoms with Gasteiger partial charge in [0.25, 0.3) is 0 Å². The molecule has 0 amide bonds. The number of nitriles is 1. The van der Waals surface area contributed by atoms with Crippen molar-refractivity contribution in [3.63, 3.8) is 0 Å². The van der Waals surface area contributed by atoms with Crippen molar-refractivity contribution in [2.45, 2.75) is 45.1 Å².